The summed E-state index contributed by atoms with van der Waals surface area (Å²) in [4.78, 5) is 25.8. The van der Waals surface area contributed by atoms with E-state index in [0.29, 0.717) is 10.5 Å². The minimum Gasteiger partial charge on any atom is -0.414 e. The molecule has 0 bridgehead atoms. The van der Waals surface area contributed by atoms with Gasteiger partial charge in [-0.3, -0.25) is 10.1 Å². The van der Waals surface area contributed by atoms with Crippen LogP contribution in [-0.2, 0) is 11.3 Å². The number of carbonyl (C=O) groups is 1. The second-order valence-electron chi connectivity index (χ2n) is 9.93. The van der Waals surface area contributed by atoms with Crippen molar-refractivity contribution in [2.24, 2.45) is 4.99 Å². The van der Waals surface area contributed by atoms with Crippen LogP contribution in [-0.4, -0.2) is 23.5 Å². The molecular formula is C33H34BN3O4. The van der Waals surface area contributed by atoms with Crippen molar-refractivity contribution >= 4 is 40.7 Å². The first-order chi connectivity index (χ1) is 20.1. The molecule has 0 spiro atoms. The average molecular weight is 547 g/mol. The lowest BCUT2D eigenvalue weighted by Crippen LogP contribution is -3.08. The van der Waals surface area contributed by atoms with Gasteiger partial charge in [-0.2, -0.15) is 32.4 Å². The number of carbonyl (C=O) groups excluding carboxylic acids is 1. The highest BCUT2D eigenvalue weighted by Gasteiger charge is 2.29. The van der Waals surface area contributed by atoms with Crippen LogP contribution < -0.4 is 21.3 Å². The zero-order valence-corrected chi connectivity index (χ0v) is 23.1. The molecule has 1 atom stereocenters. The van der Waals surface area contributed by atoms with Crippen molar-refractivity contribution in [3.63, 3.8) is 0 Å². The first-order valence-electron chi connectivity index (χ1n) is 13.9. The molecule has 1 unspecified atom stereocenters. The lowest BCUT2D eigenvalue weighted by molar-refractivity contribution is -0.650. The maximum absolute atomic E-state index is 11.5. The van der Waals surface area contributed by atoms with Gasteiger partial charge in [0.1, 0.15) is 12.8 Å². The third kappa shape index (κ3) is 7.23. The SMILES string of the molecule is CCCC[B-](c1ccccc1)(c1ccccc1)c1ccccc1.O=C(OCc1ccccc1[N+](=O)[O-])[NH+]1C=CN=C1. The van der Waals surface area contributed by atoms with Crippen LogP contribution in [0.15, 0.2) is 133 Å². The average Bonchev–Trinajstić information content (AvgIpc) is 3.58. The smallest absolute Gasteiger partial charge is 0.414 e. The van der Waals surface area contributed by atoms with E-state index in [0.717, 1.165) is 0 Å². The van der Waals surface area contributed by atoms with Gasteiger partial charge in [-0.15, -0.1) is 0 Å². The molecule has 1 N–H and O–H groups in total. The van der Waals surface area contributed by atoms with E-state index >= 15 is 0 Å². The molecule has 1 amide bonds. The number of rotatable bonds is 9. The van der Waals surface area contributed by atoms with Crippen molar-refractivity contribution in [3.8, 4) is 0 Å². The van der Waals surface area contributed by atoms with Crippen molar-refractivity contribution in [2.45, 2.75) is 32.7 Å². The van der Waals surface area contributed by atoms with Gasteiger partial charge in [-0.1, -0.05) is 123 Å². The number of alkyl carbamates (subject to hydrolysis) is 2. The Kier molecular flexibility index (Phi) is 10.3. The topological polar surface area (TPSA) is 86.2 Å². The van der Waals surface area contributed by atoms with Gasteiger partial charge in [0.2, 0.25) is 6.34 Å². The molecule has 0 radical (unpaired) electrons. The van der Waals surface area contributed by atoms with Crippen LogP contribution in [0.25, 0.3) is 0 Å². The highest BCUT2D eigenvalue weighted by molar-refractivity contribution is 7.11. The largest absolute Gasteiger partial charge is 0.525 e. The van der Waals surface area contributed by atoms with Crippen LogP contribution in [0.1, 0.15) is 25.3 Å². The van der Waals surface area contributed by atoms with Crippen LogP contribution >= 0.6 is 0 Å². The standard InChI is InChI=1S/C22H24B.C11H9N3O4/c1-2-3-19-23(20-13-7-4-8-14-20,21-15-9-5-10-16-21)22-17-11-6-12-18-22;15-11(13-6-5-12-8-13)18-7-9-3-1-2-4-10(9)14(16)17/h4-18H,2-3,19H2,1H3;1-6,8H,7H2/q-1;/p+1. The molecule has 0 aliphatic carbocycles. The summed E-state index contributed by atoms with van der Waals surface area (Å²) in [6.45, 7) is 2.14. The van der Waals surface area contributed by atoms with Crippen molar-refractivity contribution in [2.75, 3.05) is 0 Å². The zero-order valence-electron chi connectivity index (χ0n) is 23.1. The van der Waals surface area contributed by atoms with E-state index in [1.54, 1.807) is 18.2 Å². The number of benzene rings is 4. The molecule has 4 aromatic carbocycles. The van der Waals surface area contributed by atoms with E-state index in [1.165, 1.54) is 60.4 Å². The summed E-state index contributed by atoms with van der Waals surface area (Å²) in [7, 11) is 0. The molecule has 8 heteroatoms. The predicted molar refractivity (Wildman–Crippen MR) is 166 cm³/mol. The number of amides is 1. The van der Waals surface area contributed by atoms with Gasteiger partial charge in [0.25, 0.3) is 5.69 Å². The lowest BCUT2D eigenvalue weighted by atomic mass is 9.14. The van der Waals surface area contributed by atoms with Gasteiger partial charge in [-0.05, 0) is 6.07 Å². The monoisotopic (exact) mass is 547 g/mol. The summed E-state index contributed by atoms with van der Waals surface area (Å²) in [5.74, 6) is 0. The van der Waals surface area contributed by atoms with Gasteiger partial charge in [-0.25, -0.2) is 4.99 Å². The molecule has 0 aromatic heterocycles. The number of hydrogen-bond acceptors (Lipinski definition) is 5. The fourth-order valence-corrected chi connectivity index (χ4v) is 5.38. The van der Waals surface area contributed by atoms with Crippen LogP contribution in [0.4, 0.5) is 10.5 Å². The number of para-hydroxylation sites is 1. The molecule has 7 nitrogen and oxygen atoms in total. The highest BCUT2D eigenvalue weighted by Crippen LogP contribution is 2.18. The molecule has 1 aliphatic rings. The molecule has 41 heavy (non-hydrogen) atoms. The number of nitrogens with zero attached hydrogens (tertiary/aromatic N) is 2. The summed E-state index contributed by atoms with van der Waals surface area (Å²) in [6, 6.07) is 39.3. The van der Waals surface area contributed by atoms with Gasteiger partial charge >= 0.3 is 6.09 Å². The first kappa shape index (κ1) is 29.2. The third-order valence-corrected chi connectivity index (χ3v) is 7.43. The number of aliphatic imine (C=N–C) groups is 1. The molecule has 1 aliphatic heterocycles. The zero-order chi connectivity index (χ0) is 28.9. The molecule has 0 saturated heterocycles. The Labute approximate surface area is 240 Å². The first-order valence-corrected chi connectivity index (χ1v) is 13.9. The Bertz CT molecular complexity index is 1370. The molecule has 5 rings (SSSR count). The fraction of sp³-hybridized carbons (Fsp3) is 0.152. The number of hydrogen-bond donors (Lipinski definition) is 1. The number of quaternary nitrogens is 1. The van der Waals surface area contributed by atoms with Gasteiger partial charge in [0, 0.05) is 6.07 Å². The number of nitrogens with one attached hydrogen (secondary N) is 1. The van der Waals surface area contributed by atoms with E-state index < -0.39 is 17.2 Å². The summed E-state index contributed by atoms with van der Waals surface area (Å²) in [5.41, 5.74) is 4.62. The second kappa shape index (κ2) is 14.5. The Morgan fingerprint density at radius 2 is 1.34 bits per heavy atom. The van der Waals surface area contributed by atoms with Crippen molar-refractivity contribution in [1.29, 1.82) is 0 Å². The highest BCUT2D eigenvalue weighted by atomic mass is 16.6. The van der Waals surface area contributed by atoms with Crippen LogP contribution in [0.3, 0.4) is 0 Å². The Hall–Kier alpha value is -4.82. The van der Waals surface area contributed by atoms with Gasteiger partial charge < -0.3 is 4.74 Å². The number of nitro groups is 1. The molecule has 1 heterocycles. The van der Waals surface area contributed by atoms with E-state index in [1.807, 2.05) is 0 Å². The third-order valence-electron chi connectivity index (χ3n) is 7.43. The fourth-order valence-electron chi connectivity index (χ4n) is 5.38. The van der Waals surface area contributed by atoms with Crippen molar-refractivity contribution in [3.05, 3.63) is 143 Å². The predicted octanol–water partition coefficient (Wildman–Crippen LogP) is 4.59. The van der Waals surface area contributed by atoms with E-state index in [2.05, 4.69) is 103 Å². The molecule has 0 saturated carbocycles. The van der Waals surface area contributed by atoms with E-state index in [-0.39, 0.29) is 12.3 Å². The van der Waals surface area contributed by atoms with E-state index in [9.17, 15) is 14.9 Å². The second-order valence-corrected chi connectivity index (χ2v) is 9.93. The van der Waals surface area contributed by atoms with Crippen LogP contribution in [0, 0.1) is 10.1 Å². The van der Waals surface area contributed by atoms with Crippen molar-refractivity contribution in [1.82, 2.24) is 0 Å². The minimum absolute atomic E-state index is 0.0640. The summed E-state index contributed by atoms with van der Waals surface area (Å²) in [6.07, 6.45) is 6.54. The summed E-state index contributed by atoms with van der Waals surface area (Å²) >= 11 is 0. The maximum atomic E-state index is 11.5. The molecule has 4 aromatic rings. The maximum Gasteiger partial charge on any atom is 0.525 e. The molecule has 208 valence electrons. The van der Waals surface area contributed by atoms with Crippen molar-refractivity contribution < 1.29 is 19.4 Å². The number of nitro benzene ring substituents is 1. The van der Waals surface area contributed by atoms with Crippen LogP contribution in [0.2, 0.25) is 6.32 Å². The van der Waals surface area contributed by atoms with Crippen LogP contribution in [0.5, 0.6) is 0 Å². The number of ether oxygens (including phenoxy) is 1. The normalized spacial score (nSPS) is 13.7. The molecule has 0 fully saturated rings. The Balaban J connectivity index is 0.000000195. The summed E-state index contributed by atoms with van der Waals surface area (Å²) in [5, 5.41) is 10.8. The number of unbranched alkanes of at least 4 members (excludes halogenated alkanes) is 1. The summed E-state index contributed by atoms with van der Waals surface area (Å²) < 4.78 is 4.98. The Morgan fingerprint density at radius 1 is 0.829 bits per heavy atom. The minimum atomic E-state index is -0.913. The van der Waals surface area contributed by atoms with E-state index in [4.69, 9.17) is 4.74 Å². The van der Waals surface area contributed by atoms with Gasteiger partial charge in [0.05, 0.1) is 22.8 Å². The molecular weight excluding hydrogens is 513 g/mol. The lowest BCUT2D eigenvalue weighted by Gasteiger charge is -2.43. The van der Waals surface area contributed by atoms with Gasteiger partial charge in [0.15, 0.2) is 0 Å². The quantitative estimate of drug-likeness (QED) is 0.189. The Morgan fingerprint density at radius 3 is 1.80 bits per heavy atom.